The van der Waals surface area contributed by atoms with Gasteiger partial charge in [0.1, 0.15) is 0 Å². The Labute approximate surface area is 178 Å². The third-order valence-electron chi connectivity index (χ3n) is 5.56. The molecule has 3 rings (SSSR count). The van der Waals surface area contributed by atoms with Crippen LogP contribution >= 0.6 is 0 Å². The number of nitrogens with zero attached hydrogens (tertiary/aromatic N) is 2. The molecule has 0 heterocycles. The molecule has 1 aromatic carbocycles. The molecule has 2 aliphatic carbocycles. The average Bonchev–Trinajstić information content (AvgIpc) is 2.76. The fourth-order valence-corrected chi connectivity index (χ4v) is 3.99. The van der Waals surface area contributed by atoms with Gasteiger partial charge in [-0.25, -0.2) is 15.2 Å². The van der Waals surface area contributed by atoms with Crippen LogP contribution in [0.3, 0.4) is 0 Å². The van der Waals surface area contributed by atoms with Crippen molar-refractivity contribution in [2.24, 2.45) is 10.1 Å². The second-order valence-electron chi connectivity index (χ2n) is 8.09. The molecule has 0 spiro atoms. The van der Waals surface area contributed by atoms with Crippen molar-refractivity contribution in [3.8, 4) is 0 Å². The molecule has 1 amide bonds. The second-order valence-corrected chi connectivity index (χ2v) is 8.09. The van der Waals surface area contributed by atoms with Gasteiger partial charge < -0.3 is 10.1 Å². The highest BCUT2D eigenvalue weighted by Gasteiger charge is 2.23. The third kappa shape index (κ3) is 6.97. The third-order valence-corrected chi connectivity index (χ3v) is 5.56. The van der Waals surface area contributed by atoms with Gasteiger partial charge in [-0.05, 0) is 25.7 Å². The maximum absolute atomic E-state index is 13.0. The summed E-state index contributed by atoms with van der Waals surface area (Å²) in [6.45, 7) is 1.35. The summed E-state index contributed by atoms with van der Waals surface area (Å²) < 4.78 is 5.72. The number of benzene rings is 1. The van der Waals surface area contributed by atoms with Crippen LogP contribution in [0.4, 0.5) is 0 Å². The Morgan fingerprint density at radius 2 is 1.57 bits per heavy atom. The van der Waals surface area contributed by atoms with Crippen LogP contribution in [0.2, 0.25) is 0 Å². The molecule has 1 aromatic rings. The van der Waals surface area contributed by atoms with Crippen molar-refractivity contribution < 1.29 is 14.3 Å². The van der Waals surface area contributed by atoms with Gasteiger partial charge in [0.05, 0.1) is 6.04 Å². The Balaban J connectivity index is 1.78. The molecule has 162 valence electrons. The number of esters is 1. The van der Waals surface area contributed by atoms with Gasteiger partial charge in [0.2, 0.25) is 5.91 Å². The standard InChI is InChI=1S/C23H32N4O3/c1-17(28)26-27-21(18-11-5-2-6-12-18)22(29)30-23(24-19-13-7-3-8-14-19)25-20-15-9-4-10-16-20/h2,5-6,11-12,19-20H,3-4,7-10,13-16H2,1H3,(H,24,25)(H,26,28)/b27-21-. The number of amidine groups is 1. The highest BCUT2D eigenvalue weighted by Crippen LogP contribution is 2.21. The molecule has 2 saturated carbocycles. The Morgan fingerprint density at radius 3 is 2.20 bits per heavy atom. The summed E-state index contributed by atoms with van der Waals surface area (Å²) in [6.07, 6.45) is 11.2. The van der Waals surface area contributed by atoms with Crippen molar-refractivity contribution in [2.45, 2.75) is 83.2 Å². The molecule has 30 heavy (non-hydrogen) atoms. The molecule has 0 saturated heterocycles. The molecule has 0 bridgehead atoms. The van der Waals surface area contributed by atoms with Gasteiger partial charge in [-0.3, -0.25) is 4.79 Å². The van der Waals surface area contributed by atoms with Gasteiger partial charge in [0.25, 0.3) is 6.02 Å². The summed E-state index contributed by atoms with van der Waals surface area (Å²) in [5.74, 6) is -0.986. The van der Waals surface area contributed by atoms with Crippen LogP contribution in [0.1, 0.15) is 76.7 Å². The highest BCUT2D eigenvalue weighted by atomic mass is 16.6. The summed E-state index contributed by atoms with van der Waals surface area (Å²) in [7, 11) is 0. The Hall–Kier alpha value is -2.70. The number of rotatable bonds is 5. The van der Waals surface area contributed by atoms with Crippen molar-refractivity contribution in [1.82, 2.24) is 10.7 Å². The normalized spacial score (nSPS) is 19.2. The van der Waals surface area contributed by atoms with E-state index in [0.717, 1.165) is 38.5 Å². The van der Waals surface area contributed by atoms with Crippen molar-refractivity contribution in [3.63, 3.8) is 0 Å². The first-order valence-electron chi connectivity index (χ1n) is 11.1. The van der Waals surface area contributed by atoms with Crippen molar-refractivity contribution in [3.05, 3.63) is 35.9 Å². The summed E-state index contributed by atoms with van der Waals surface area (Å²) >= 11 is 0. The van der Waals surface area contributed by atoms with E-state index in [9.17, 15) is 9.59 Å². The molecule has 0 aromatic heterocycles. The number of aliphatic imine (C=N–C) groups is 1. The van der Waals surface area contributed by atoms with Crippen LogP contribution < -0.4 is 10.7 Å². The number of hydrogen-bond acceptors (Lipinski definition) is 5. The first-order chi connectivity index (χ1) is 14.6. The molecule has 2 fully saturated rings. The van der Waals surface area contributed by atoms with Crippen LogP contribution in [0.5, 0.6) is 0 Å². The lowest BCUT2D eigenvalue weighted by molar-refractivity contribution is -0.128. The first-order valence-corrected chi connectivity index (χ1v) is 11.1. The maximum Gasteiger partial charge on any atom is 0.367 e. The lowest BCUT2D eigenvalue weighted by Crippen LogP contribution is -2.41. The number of nitrogens with one attached hydrogen (secondary N) is 2. The van der Waals surface area contributed by atoms with E-state index in [2.05, 4.69) is 15.8 Å². The quantitative estimate of drug-likeness (QED) is 0.334. The number of hydrogen-bond donors (Lipinski definition) is 2. The minimum atomic E-state index is -0.632. The SMILES string of the molecule is CC(=O)N/N=C(\C(=O)OC(=NC1CCCCC1)NC1CCCCC1)c1ccccc1. The van der Waals surface area contributed by atoms with Gasteiger partial charge in [-0.15, -0.1) is 0 Å². The number of ether oxygens (including phenoxy) is 1. The largest absolute Gasteiger partial charge is 0.388 e. The number of hydrazone groups is 1. The van der Waals surface area contributed by atoms with Crippen LogP contribution in [0.25, 0.3) is 0 Å². The summed E-state index contributed by atoms with van der Waals surface area (Å²) in [4.78, 5) is 29.1. The fourth-order valence-electron chi connectivity index (χ4n) is 3.99. The van der Waals surface area contributed by atoms with E-state index in [1.165, 1.54) is 32.6 Å². The molecule has 0 unspecified atom stereocenters. The van der Waals surface area contributed by atoms with Crippen LogP contribution in [-0.2, 0) is 14.3 Å². The van der Waals surface area contributed by atoms with E-state index >= 15 is 0 Å². The molecule has 7 heteroatoms. The molecular formula is C23H32N4O3. The van der Waals surface area contributed by atoms with E-state index in [1.807, 2.05) is 18.2 Å². The van der Waals surface area contributed by atoms with Crippen LogP contribution in [0.15, 0.2) is 40.4 Å². The lowest BCUT2D eigenvalue weighted by atomic mass is 9.95. The zero-order valence-corrected chi connectivity index (χ0v) is 17.7. The average molecular weight is 413 g/mol. The molecular weight excluding hydrogens is 380 g/mol. The Morgan fingerprint density at radius 1 is 0.933 bits per heavy atom. The number of carbonyl (C=O) groups is 2. The van der Waals surface area contributed by atoms with Crippen LogP contribution in [-0.4, -0.2) is 35.7 Å². The fraction of sp³-hybridized carbons (Fsp3) is 0.565. The first kappa shape index (κ1) is 22.0. The maximum atomic E-state index is 13.0. The van der Waals surface area contributed by atoms with Gasteiger partial charge in [-0.1, -0.05) is 68.9 Å². The summed E-state index contributed by atoms with van der Waals surface area (Å²) in [6, 6.07) is 9.71. The topological polar surface area (TPSA) is 92.2 Å². The molecule has 0 radical (unpaired) electrons. The molecule has 2 aliphatic rings. The zero-order valence-electron chi connectivity index (χ0n) is 17.7. The number of carbonyl (C=O) groups excluding carboxylic acids is 2. The Kier molecular flexibility index (Phi) is 8.41. The number of amides is 1. The minimum absolute atomic E-state index is 0.0487. The van der Waals surface area contributed by atoms with Crippen molar-refractivity contribution in [1.29, 1.82) is 0 Å². The highest BCUT2D eigenvalue weighted by molar-refractivity contribution is 6.44. The van der Waals surface area contributed by atoms with Gasteiger partial charge in [0, 0.05) is 18.5 Å². The molecule has 0 aliphatic heterocycles. The van der Waals surface area contributed by atoms with Gasteiger partial charge >= 0.3 is 5.97 Å². The van der Waals surface area contributed by atoms with Gasteiger partial charge in [0.15, 0.2) is 5.71 Å². The smallest absolute Gasteiger partial charge is 0.367 e. The van der Waals surface area contributed by atoms with Crippen LogP contribution in [0, 0.1) is 0 Å². The second kappa shape index (κ2) is 11.5. The molecule has 7 nitrogen and oxygen atoms in total. The van der Waals surface area contributed by atoms with E-state index < -0.39 is 5.97 Å². The predicted molar refractivity (Wildman–Crippen MR) is 117 cm³/mol. The predicted octanol–water partition coefficient (Wildman–Crippen LogP) is 3.68. The van der Waals surface area contributed by atoms with E-state index in [-0.39, 0.29) is 29.7 Å². The summed E-state index contributed by atoms with van der Waals surface area (Å²) in [5.41, 5.74) is 2.97. The summed E-state index contributed by atoms with van der Waals surface area (Å²) in [5, 5.41) is 7.37. The van der Waals surface area contributed by atoms with E-state index in [1.54, 1.807) is 12.1 Å². The Bertz CT molecular complexity index is 764. The molecule has 0 atom stereocenters. The van der Waals surface area contributed by atoms with Crippen molar-refractivity contribution >= 4 is 23.6 Å². The van der Waals surface area contributed by atoms with Gasteiger partial charge in [-0.2, -0.15) is 5.10 Å². The molecule has 2 N–H and O–H groups in total. The minimum Gasteiger partial charge on any atom is -0.388 e. The van der Waals surface area contributed by atoms with E-state index in [4.69, 9.17) is 9.73 Å². The van der Waals surface area contributed by atoms with Crippen molar-refractivity contribution in [2.75, 3.05) is 0 Å². The zero-order chi connectivity index (χ0) is 21.2. The lowest BCUT2D eigenvalue weighted by Gasteiger charge is -2.25. The monoisotopic (exact) mass is 412 g/mol. The van der Waals surface area contributed by atoms with E-state index in [0.29, 0.717) is 5.56 Å².